The number of halogens is 1. The van der Waals surface area contributed by atoms with Crippen LogP contribution in [0.5, 0.6) is 11.5 Å². The van der Waals surface area contributed by atoms with Gasteiger partial charge in [-0.15, -0.1) is 0 Å². The van der Waals surface area contributed by atoms with Gasteiger partial charge in [-0.1, -0.05) is 11.6 Å². The molecule has 2 aliphatic heterocycles. The Hall–Kier alpha value is -2.61. The van der Waals surface area contributed by atoms with Crippen molar-refractivity contribution in [3.8, 4) is 11.5 Å². The van der Waals surface area contributed by atoms with Crippen molar-refractivity contribution in [2.24, 2.45) is 0 Å². The van der Waals surface area contributed by atoms with Gasteiger partial charge in [0.25, 0.3) is 0 Å². The van der Waals surface area contributed by atoms with Gasteiger partial charge in [-0.05, 0) is 6.92 Å². The molecule has 0 fully saturated rings. The minimum atomic E-state index is -0.471. The molecule has 0 atom stereocenters. The van der Waals surface area contributed by atoms with E-state index in [-0.39, 0.29) is 25.7 Å². The molecule has 0 aromatic heterocycles. The van der Waals surface area contributed by atoms with Crippen molar-refractivity contribution in [1.82, 2.24) is 10.6 Å². The molecule has 3 rings (SSSR count). The maximum Gasteiger partial charge on any atom is 0.337 e. The van der Waals surface area contributed by atoms with Crippen LogP contribution in [0.1, 0.15) is 13.3 Å². The Balaban J connectivity index is 1.79. The number of carbonyl (C=O) groups is 2. The molecule has 2 aliphatic rings. The lowest BCUT2D eigenvalue weighted by Gasteiger charge is -2.22. The number of esters is 1. The number of hydrogen-bond donors (Lipinski definition) is 3. The Labute approximate surface area is 155 Å². The number of anilines is 1. The van der Waals surface area contributed by atoms with Crippen molar-refractivity contribution >= 4 is 29.3 Å². The first-order chi connectivity index (χ1) is 12.6. The molecule has 0 bridgehead atoms. The lowest BCUT2D eigenvalue weighted by atomic mass is 10.1. The third kappa shape index (κ3) is 4.13. The van der Waals surface area contributed by atoms with Crippen molar-refractivity contribution in [1.29, 1.82) is 0 Å². The zero-order valence-electron chi connectivity index (χ0n) is 14.3. The lowest BCUT2D eigenvalue weighted by molar-refractivity contribution is -0.138. The highest BCUT2D eigenvalue weighted by atomic mass is 35.5. The smallest absolute Gasteiger partial charge is 0.337 e. The van der Waals surface area contributed by atoms with Gasteiger partial charge in [0.1, 0.15) is 0 Å². The maximum atomic E-state index is 12.1. The summed E-state index contributed by atoms with van der Waals surface area (Å²) in [6.45, 7) is 3.42. The van der Waals surface area contributed by atoms with Gasteiger partial charge in [-0.3, -0.25) is 0 Å². The average Bonchev–Trinajstić information content (AvgIpc) is 2.84. The van der Waals surface area contributed by atoms with Gasteiger partial charge < -0.3 is 30.2 Å². The summed E-state index contributed by atoms with van der Waals surface area (Å²) in [5, 5.41) is 8.77. The molecular weight excluding hydrogens is 362 g/mol. The van der Waals surface area contributed by atoms with Crippen molar-refractivity contribution in [3.63, 3.8) is 0 Å². The van der Waals surface area contributed by atoms with E-state index in [0.717, 1.165) is 6.42 Å². The van der Waals surface area contributed by atoms with Crippen LogP contribution in [0.3, 0.4) is 0 Å². The molecule has 2 heterocycles. The number of carbonyl (C=O) groups excluding carboxylic acids is 2. The standard InChI is InChI=1S/C17H20ClN3O5/c1-2-24-16(22)10-8-20-17(23)21-13(10)9-19-12-7-15-14(6-11(12)18)25-4-3-5-26-15/h6-7,19H,2-5,8-9H2,1H3,(H2,20,21,23). The van der Waals surface area contributed by atoms with E-state index in [9.17, 15) is 9.59 Å². The predicted molar refractivity (Wildman–Crippen MR) is 95.7 cm³/mol. The van der Waals surface area contributed by atoms with Crippen LogP contribution in [-0.2, 0) is 9.53 Å². The summed E-state index contributed by atoms with van der Waals surface area (Å²) < 4.78 is 16.3. The Bertz CT molecular complexity index is 750. The van der Waals surface area contributed by atoms with Crippen molar-refractivity contribution < 1.29 is 23.8 Å². The van der Waals surface area contributed by atoms with E-state index in [4.69, 9.17) is 25.8 Å². The SMILES string of the molecule is CCOC(=O)C1=C(CNc2cc3c(cc2Cl)OCCCO3)NC(=O)NC1. The van der Waals surface area contributed by atoms with Gasteiger partial charge >= 0.3 is 12.0 Å². The van der Waals surface area contributed by atoms with Crippen LogP contribution in [0.4, 0.5) is 10.5 Å². The largest absolute Gasteiger partial charge is 0.490 e. The Morgan fingerprint density at radius 3 is 2.77 bits per heavy atom. The van der Waals surface area contributed by atoms with E-state index in [1.165, 1.54) is 0 Å². The summed E-state index contributed by atoms with van der Waals surface area (Å²) in [5.41, 5.74) is 1.42. The van der Waals surface area contributed by atoms with Crippen molar-refractivity contribution in [2.45, 2.75) is 13.3 Å². The van der Waals surface area contributed by atoms with Crippen LogP contribution in [0.25, 0.3) is 0 Å². The number of amides is 2. The summed E-state index contributed by atoms with van der Waals surface area (Å²) in [7, 11) is 0. The zero-order valence-corrected chi connectivity index (χ0v) is 15.1. The van der Waals surface area contributed by atoms with E-state index in [2.05, 4.69) is 16.0 Å². The van der Waals surface area contributed by atoms with Gasteiger partial charge in [-0.2, -0.15) is 0 Å². The quantitative estimate of drug-likeness (QED) is 0.675. The molecule has 0 saturated carbocycles. The zero-order chi connectivity index (χ0) is 18.5. The molecule has 9 heteroatoms. The van der Waals surface area contributed by atoms with E-state index in [1.54, 1.807) is 19.1 Å². The second kappa shape index (κ2) is 8.18. The fraction of sp³-hybridized carbons (Fsp3) is 0.412. The Kier molecular flexibility index (Phi) is 5.72. The van der Waals surface area contributed by atoms with Crippen LogP contribution in [0.15, 0.2) is 23.4 Å². The van der Waals surface area contributed by atoms with E-state index in [0.29, 0.717) is 46.7 Å². The molecule has 2 amide bonds. The number of nitrogens with one attached hydrogen (secondary N) is 3. The molecule has 0 saturated heterocycles. The summed E-state index contributed by atoms with van der Waals surface area (Å²) >= 11 is 6.30. The molecule has 1 aromatic carbocycles. The van der Waals surface area contributed by atoms with Gasteiger partial charge in [0.2, 0.25) is 0 Å². The van der Waals surface area contributed by atoms with Gasteiger partial charge in [0.05, 0.1) is 54.9 Å². The highest BCUT2D eigenvalue weighted by Crippen LogP contribution is 2.37. The van der Waals surface area contributed by atoms with E-state index < -0.39 is 5.97 Å². The molecule has 0 unspecified atom stereocenters. The molecule has 140 valence electrons. The molecule has 1 aromatic rings. The minimum Gasteiger partial charge on any atom is -0.490 e. The maximum absolute atomic E-state index is 12.1. The summed E-state index contributed by atoms with van der Waals surface area (Å²) in [5.74, 6) is 0.726. The van der Waals surface area contributed by atoms with Gasteiger partial charge in [0, 0.05) is 18.6 Å². The second-order valence-corrected chi connectivity index (χ2v) is 6.08. The van der Waals surface area contributed by atoms with E-state index in [1.807, 2.05) is 0 Å². The summed E-state index contributed by atoms with van der Waals surface area (Å²) in [6.07, 6.45) is 0.796. The molecule has 0 aliphatic carbocycles. The van der Waals surface area contributed by atoms with Gasteiger partial charge in [-0.25, -0.2) is 9.59 Å². The van der Waals surface area contributed by atoms with Crippen LogP contribution in [0, 0.1) is 0 Å². The van der Waals surface area contributed by atoms with Crippen LogP contribution in [-0.4, -0.2) is 44.9 Å². The second-order valence-electron chi connectivity index (χ2n) is 5.67. The first kappa shape index (κ1) is 18.2. The monoisotopic (exact) mass is 381 g/mol. The molecule has 0 radical (unpaired) electrons. The molecule has 0 spiro atoms. The molecule has 3 N–H and O–H groups in total. The number of benzene rings is 1. The van der Waals surface area contributed by atoms with Crippen LogP contribution in [0.2, 0.25) is 5.02 Å². The summed E-state index contributed by atoms with van der Waals surface area (Å²) in [4.78, 5) is 23.7. The van der Waals surface area contributed by atoms with Crippen LogP contribution < -0.4 is 25.4 Å². The fourth-order valence-corrected chi connectivity index (χ4v) is 2.82. The predicted octanol–water partition coefficient (Wildman–Crippen LogP) is 2.04. The number of rotatable bonds is 5. The lowest BCUT2D eigenvalue weighted by Crippen LogP contribution is -2.45. The third-order valence-corrected chi connectivity index (χ3v) is 4.18. The average molecular weight is 382 g/mol. The van der Waals surface area contributed by atoms with Gasteiger partial charge in [0.15, 0.2) is 11.5 Å². The molecular formula is C17H20ClN3O5. The number of fused-ring (bicyclic) bond motifs is 1. The van der Waals surface area contributed by atoms with E-state index >= 15 is 0 Å². The van der Waals surface area contributed by atoms with Crippen molar-refractivity contribution in [2.75, 3.05) is 38.2 Å². The van der Waals surface area contributed by atoms with Crippen molar-refractivity contribution in [3.05, 3.63) is 28.4 Å². The normalized spacial score (nSPS) is 16.3. The first-order valence-corrected chi connectivity index (χ1v) is 8.73. The minimum absolute atomic E-state index is 0.108. The third-order valence-electron chi connectivity index (χ3n) is 3.87. The number of urea groups is 1. The number of ether oxygens (including phenoxy) is 3. The van der Waals surface area contributed by atoms with Crippen LogP contribution >= 0.6 is 11.6 Å². The fourth-order valence-electron chi connectivity index (χ4n) is 2.60. The Morgan fingerprint density at radius 1 is 1.31 bits per heavy atom. The molecule has 26 heavy (non-hydrogen) atoms. The topological polar surface area (TPSA) is 97.9 Å². The highest BCUT2D eigenvalue weighted by Gasteiger charge is 2.24. The first-order valence-electron chi connectivity index (χ1n) is 8.35. The summed E-state index contributed by atoms with van der Waals surface area (Å²) in [6, 6.07) is 3.06. The molecule has 8 nitrogen and oxygen atoms in total. The number of hydrogen-bond acceptors (Lipinski definition) is 6. The Morgan fingerprint density at radius 2 is 2.04 bits per heavy atom. The highest BCUT2D eigenvalue weighted by molar-refractivity contribution is 6.33.